The summed E-state index contributed by atoms with van der Waals surface area (Å²) in [5.74, 6) is 0. The van der Waals surface area contributed by atoms with E-state index in [1.807, 2.05) is 6.07 Å². The van der Waals surface area contributed by atoms with Crippen LogP contribution >= 0.6 is 0 Å². The summed E-state index contributed by atoms with van der Waals surface area (Å²) in [5, 5.41) is 10.6. The third-order valence-electron chi connectivity index (χ3n) is 4.71. The number of hydrogen-bond acceptors (Lipinski definition) is 2. The molecule has 20 heavy (non-hydrogen) atoms. The Kier molecular flexibility index (Phi) is 7.25. The second kappa shape index (κ2) is 8.43. The van der Waals surface area contributed by atoms with Crippen molar-refractivity contribution in [3.63, 3.8) is 0 Å². The Hall–Kier alpha value is -0.860. The minimum Gasteiger partial charge on any atom is -0.391 e. The summed E-state index contributed by atoms with van der Waals surface area (Å²) >= 11 is 0. The fourth-order valence-corrected chi connectivity index (χ4v) is 3.07. The third kappa shape index (κ3) is 4.32. The number of aryl methyl sites for hydroxylation is 1. The molecule has 0 aliphatic carbocycles. The van der Waals surface area contributed by atoms with E-state index >= 15 is 0 Å². The summed E-state index contributed by atoms with van der Waals surface area (Å²) in [7, 11) is 0. The number of benzene rings is 1. The summed E-state index contributed by atoms with van der Waals surface area (Å²) in [6.45, 7) is 10.7. The number of nitrogens with zero attached hydrogens (tertiary/aromatic N) is 1. The van der Waals surface area contributed by atoms with Crippen LogP contribution in [0.25, 0.3) is 0 Å². The van der Waals surface area contributed by atoms with Crippen LogP contribution in [0.5, 0.6) is 0 Å². The molecule has 0 radical (unpaired) electrons. The highest BCUT2D eigenvalue weighted by Crippen LogP contribution is 2.26. The van der Waals surface area contributed by atoms with Gasteiger partial charge in [-0.1, -0.05) is 51.1 Å². The molecule has 0 spiro atoms. The van der Waals surface area contributed by atoms with Gasteiger partial charge in [-0.2, -0.15) is 0 Å². The standard InChI is InChI=1S/C18H31NO/c1-5-18(4,19(6-2)7-3)17(20)15-11-14-16-12-9-8-10-13-16/h8-10,12-13,17,20H,5-7,11,14-15H2,1-4H3. The Morgan fingerprint density at radius 1 is 1.10 bits per heavy atom. The van der Waals surface area contributed by atoms with Gasteiger partial charge in [-0.05, 0) is 51.3 Å². The van der Waals surface area contributed by atoms with Crippen molar-refractivity contribution in [1.29, 1.82) is 0 Å². The molecule has 0 heterocycles. The van der Waals surface area contributed by atoms with Crippen LogP contribution in [0.1, 0.15) is 52.5 Å². The van der Waals surface area contributed by atoms with Gasteiger partial charge < -0.3 is 5.11 Å². The molecule has 0 aromatic heterocycles. The summed E-state index contributed by atoms with van der Waals surface area (Å²) in [6.07, 6.45) is 3.70. The van der Waals surface area contributed by atoms with E-state index in [2.05, 4.69) is 56.9 Å². The Balaban J connectivity index is 2.53. The molecule has 2 heteroatoms. The van der Waals surface area contributed by atoms with Crippen LogP contribution in [0.15, 0.2) is 30.3 Å². The molecule has 2 nitrogen and oxygen atoms in total. The first-order chi connectivity index (χ1) is 9.58. The number of hydrogen-bond donors (Lipinski definition) is 1. The first-order valence-corrected chi connectivity index (χ1v) is 8.05. The van der Waals surface area contributed by atoms with Crippen molar-refractivity contribution in [3.8, 4) is 0 Å². The number of aliphatic hydroxyl groups excluding tert-OH is 1. The second-order valence-electron chi connectivity index (χ2n) is 5.78. The van der Waals surface area contributed by atoms with E-state index in [-0.39, 0.29) is 11.6 Å². The minimum absolute atomic E-state index is 0.0970. The maximum atomic E-state index is 10.6. The van der Waals surface area contributed by atoms with Gasteiger partial charge in [-0.25, -0.2) is 0 Å². The molecule has 114 valence electrons. The van der Waals surface area contributed by atoms with Crippen LogP contribution in [-0.4, -0.2) is 34.7 Å². The lowest BCUT2D eigenvalue weighted by atomic mass is 9.86. The molecule has 0 saturated heterocycles. The van der Waals surface area contributed by atoms with Crippen molar-refractivity contribution >= 4 is 0 Å². The van der Waals surface area contributed by atoms with E-state index in [1.165, 1.54) is 5.56 Å². The minimum atomic E-state index is -0.254. The van der Waals surface area contributed by atoms with Crippen molar-refractivity contribution in [2.45, 2.75) is 65.0 Å². The lowest BCUT2D eigenvalue weighted by Crippen LogP contribution is -2.54. The molecule has 2 unspecified atom stereocenters. The molecule has 1 aromatic carbocycles. The van der Waals surface area contributed by atoms with E-state index < -0.39 is 0 Å². The number of rotatable bonds is 9. The lowest BCUT2D eigenvalue weighted by Gasteiger charge is -2.43. The van der Waals surface area contributed by atoms with E-state index in [9.17, 15) is 5.11 Å². The molecule has 0 amide bonds. The van der Waals surface area contributed by atoms with Gasteiger partial charge in [0, 0.05) is 5.54 Å². The average molecular weight is 277 g/mol. The SMILES string of the molecule is CCN(CC)C(C)(CC)C(O)CCCc1ccccc1. The molecule has 0 bridgehead atoms. The largest absolute Gasteiger partial charge is 0.391 e. The summed E-state index contributed by atoms with van der Waals surface area (Å²) in [4.78, 5) is 2.39. The summed E-state index contributed by atoms with van der Waals surface area (Å²) < 4.78 is 0. The Labute approximate surface area is 124 Å². The number of aliphatic hydroxyl groups is 1. The van der Waals surface area contributed by atoms with Gasteiger partial charge in [0.2, 0.25) is 0 Å². The molecule has 0 aliphatic heterocycles. The monoisotopic (exact) mass is 277 g/mol. The Morgan fingerprint density at radius 3 is 2.20 bits per heavy atom. The smallest absolute Gasteiger partial charge is 0.0721 e. The van der Waals surface area contributed by atoms with Crippen LogP contribution in [0, 0.1) is 0 Å². The quantitative estimate of drug-likeness (QED) is 0.740. The fraction of sp³-hybridized carbons (Fsp3) is 0.667. The molecule has 0 saturated carbocycles. The zero-order chi connectivity index (χ0) is 15.0. The summed E-state index contributed by atoms with van der Waals surface area (Å²) in [5.41, 5.74) is 1.26. The van der Waals surface area contributed by atoms with E-state index in [4.69, 9.17) is 0 Å². The highest BCUT2D eigenvalue weighted by atomic mass is 16.3. The highest BCUT2D eigenvalue weighted by molar-refractivity contribution is 5.14. The second-order valence-corrected chi connectivity index (χ2v) is 5.78. The Bertz CT molecular complexity index is 361. The van der Waals surface area contributed by atoms with Crippen LogP contribution < -0.4 is 0 Å². The van der Waals surface area contributed by atoms with E-state index in [0.29, 0.717) is 0 Å². The van der Waals surface area contributed by atoms with Crippen molar-refractivity contribution in [3.05, 3.63) is 35.9 Å². The van der Waals surface area contributed by atoms with Crippen molar-refractivity contribution in [1.82, 2.24) is 4.90 Å². The third-order valence-corrected chi connectivity index (χ3v) is 4.71. The molecular weight excluding hydrogens is 246 g/mol. The Morgan fingerprint density at radius 2 is 1.70 bits per heavy atom. The van der Waals surface area contributed by atoms with Crippen LogP contribution in [0.4, 0.5) is 0 Å². The van der Waals surface area contributed by atoms with Gasteiger partial charge in [0.25, 0.3) is 0 Å². The molecule has 1 aromatic rings. The van der Waals surface area contributed by atoms with E-state index in [0.717, 1.165) is 38.8 Å². The van der Waals surface area contributed by atoms with Crippen molar-refractivity contribution in [2.24, 2.45) is 0 Å². The predicted octanol–water partition coefficient (Wildman–Crippen LogP) is 3.88. The average Bonchev–Trinajstić information content (AvgIpc) is 2.49. The first-order valence-electron chi connectivity index (χ1n) is 8.05. The zero-order valence-corrected chi connectivity index (χ0v) is 13.6. The topological polar surface area (TPSA) is 23.5 Å². The van der Waals surface area contributed by atoms with Gasteiger partial charge in [-0.15, -0.1) is 0 Å². The first kappa shape index (κ1) is 17.2. The normalized spacial score (nSPS) is 16.1. The summed E-state index contributed by atoms with van der Waals surface area (Å²) in [6, 6.07) is 10.5. The molecule has 1 rings (SSSR count). The number of likely N-dealkylation sites (N-methyl/N-ethyl adjacent to an activating group) is 1. The van der Waals surface area contributed by atoms with Gasteiger partial charge >= 0.3 is 0 Å². The molecule has 0 aliphatic rings. The maximum absolute atomic E-state index is 10.6. The molecule has 0 fully saturated rings. The maximum Gasteiger partial charge on any atom is 0.0721 e. The molecule has 1 N–H and O–H groups in total. The van der Waals surface area contributed by atoms with Gasteiger partial charge in [0.15, 0.2) is 0 Å². The van der Waals surface area contributed by atoms with Crippen LogP contribution in [0.2, 0.25) is 0 Å². The lowest BCUT2D eigenvalue weighted by molar-refractivity contribution is -0.0244. The van der Waals surface area contributed by atoms with Crippen LogP contribution in [0.3, 0.4) is 0 Å². The van der Waals surface area contributed by atoms with Gasteiger partial charge in [-0.3, -0.25) is 4.90 Å². The van der Waals surface area contributed by atoms with Crippen LogP contribution in [-0.2, 0) is 6.42 Å². The highest BCUT2D eigenvalue weighted by Gasteiger charge is 2.35. The molecule has 2 atom stereocenters. The predicted molar refractivity (Wildman–Crippen MR) is 87.0 cm³/mol. The van der Waals surface area contributed by atoms with Gasteiger partial charge in [0.1, 0.15) is 0 Å². The fourth-order valence-electron chi connectivity index (χ4n) is 3.07. The molecular formula is C18H31NO. The van der Waals surface area contributed by atoms with E-state index in [1.54, 1.807) is 0 Å². The van der Waals surface area contributed by atoms with Gasteiger partial charge in [0.05, 0.1) is 6.10 Å². The zero-order valence-electron chi connectivity index (χ0n) is 13.6. The van der Waals surface area contributed by atoms with Crippen molar-refractivity contribution in [2.75, 3.05) is 13.1 Å². The van der Waals surface area contributed by atoms with Crippen molar-refractivity contribution < 1.29 is 5.11 Å².